The molecule has 17 heavy (non-hydrogen) atoms. The average Bonchev–Trinajstić information content (AvgIpc) is 2.84. The van der Waals surface area contributed by atoms with E-state index in [1.54, 1.807) is 0 Å². The molecule has 4 heteroatoms. The van der Waals surface area contributed by atoms with Crippen molar-refractivity contribution in [2.24, 2.45) is 0 Å². The Morgan fingerprint density at radius 2 is 1.94 bits per heavy atom. The molecule has 0 aromatic heterocycles. The van der Waals surface area contributed by atoms with Crippen LogP contribution in [0, 0.1) is 0 Å². The molecule has 0 aromatic carbocycles. The third-order valence-corrected chi connectivity index (χ3v) is 4.04. The first kappa shape index (κ1) is 12.7. The van der Waals surface area contributed by atoms with E-state index in [2.05, 4.69) is 17.1 Å². The lowest BCUT2D eigenvalue weighted by molar-refractivity contribution is 0.181. The topological polar surface area (TPSA) is 35.6 Å². The van der Waals surface area contributed by atoms with E-state index >= 15 is 0 Å². The van der Waals surface area contributed by atoms with Crippen molar-refractivity contribution in [1.29, 1.82) is 0 Å². The highest BCUT2D eigenvalue weighted by Crippen LogP contribution is 2.16. The normalized spacial score (nSPS) is 26.2. The van der Waals surface area contributed by atoms with Gasteiger partial charge in [-0.25, -0.2) is 4.79 Å². The van der Waals surface area contributed by atoms with E-state index in [0.29, 0.717) is 6.04 Å². The van der Waals surface area contributed by atoms with Crippen molar-refractivity contribution >= 4 is 6.03 Å². The van der Waals surface area contributed by atoms with Gasteiger partial charge in [-0.15, -0.1) is 0 Å². The molecule has 0 aliphatic carbocycles. The van der Waals surface area contributed by atoms with Crippen LogP contribution in [-0.4, -0.2) is 54.6 Å². The van der Waals surface area contributed by atoms with Crippen LogP contribution in [0.25, 0.3) is 0 Å². The second-order valence-electron chi connectivity index (χ2n) is 5.16. The molecule has 0 saturated carbocycles. The highest BCUT2D eigenvalue weighted by Gasteiger charge is 2.24. The van der Waals surface area contributed by atoms with E-state index in [0.717, 1.165) is 39.0 Å². The molecule has 2 saturated heterocycles. The fourth-order valence-electron chi connectivity index (χ4n) is 2.96. The number of amides is 2. The summed E-state index contributed by atoms with van der Waals surface area (Å²) in [6.45, 7) is 7.20. The molecule has 0 aromatic rings. The fraction of sp³-hybridized carbons (Fsp3) is 0.923. The Hall–Kier alpha value is -0.770. The van der Waals surface area contributed by atoms with Crippen LogP contribution in [0.1, 0.15) is 39.0 Å². The minimum Gasteiger partial charge on any atom is -0.336 e. The van der Waals surface area contributed by atoms with Crippen LogP contribution in [-0.2, 0) is 0 Å². The lowest BCUT2D eigenvalue weighted by Gasteiger charge is -2.29. The van der Waals surface area contributed by atoms with Gasteiger partial charge in [0.2, 0.25) is 0 Å². The standard InChI is InChI=1S/C13H25N3O/c1-2-15-10-6-7-12(15)11-14-13(17)16-8-4-3-5-9-16/h12H,2-11H2,1H3,(H,14,17)/t12-/m1/s1. The summed E-state index contributed by atoms with van der Waals surface area (Å²) in [6, 6.07) is 0.710. The number of urea groups is 1. The number of likely N-dealkylation sites (tertiary alicyclic amines) is 2. The molecule has 2 aliphatic heterocycles. The summed E-state index contributed by atoms with van der Waals surface area (Å²) in [5.74, 6) is 0. The molecule has 2 heterocycles. The highest BCUT2D eigenvalue weighted by atomic mass is 16.2. The van der Waals surface area contributed by atoms with Gasteiger partial charge in [-0.05, 0) is 45.2 Å². The van der Waals surface area contributed by atoms with E-state index in [9.17, 15) is 4.79 Å². The Labute approximate surface area is 104 Å². The van der Waals surface area contributed by atoms with Crippen LogP contribution in [0.15, 0.2) is 0 Å². The van der Waals surface area contributed by atoms with E-state index in [-0.39, 0.29) is 6.03 Å². The summed E-state index contributed by atoms with van der Waals surface area (Å²) < 4.78 is 0. The van der Waals surface area contributed by atoms with Crippen LogP contribution in [0.3, 0.4) is 0 Å². The Kier molecular flexibility index (Phi) is 4.66. The van der Waals surface area contributed by atoms with E-state index in [4.69, 9.17) is 0 Å². The van der Waals surface area contributed by atoms with Gasteiger partial charge in [0.05, 0.1) is 0 Å². The lowest BCUT2D eigenvalue weighted by atomic mass is 10.1. The zero-order valence-corrected chi connectivity index (χ0v) is 11.0. The molecule has 0 radical (unpaired) electrons. The first-order valence-corrected chi connectivity index (χ1v) is 7.08. The highest BCUT2D eigenvalue weighted by molar-refractivity contribution is 5.74. The molecular weight excluding hydrogens is 214 g/mol. The molecule has 2 aliphatic rings. The first-order valence-electron chi connectivity index (χ1n) is 7.08. The number of carbonyl (C=O) groups excluding carboxylic acids is 1. The molecule has 1 atom stereocenters. The minimum atomic E-state index is 0.146. The van der Waals surface area contributed by atoms with Gasteiger partial charge in [-0.1, -0.05) is 6.92 Å². The molecule has 2 fully saturated rings. The zero-order chi connectivity index (χ0) is 12.1. The van der Waals surface area contributed by atoms with E-state index < -0.39 is 0 Å². The van der Waals surface area contributed by atoms with Gasteiger partial charge in [0, 0.05) is 25.7 Å². The van der Waals surface area contributed by atoms with Crippen LogP contribution in [0.2, 0.25) is 0 Å². The van der Waals surface area contributed by atoms with E-state index in [1.807, 2.05) is 4.90 Å². The summed E-state index contributed by atoms with van der Waals surface area (Å²) in [5, 5.41) is 3.10. The zero-order valence-electron chi connectivity index (χ0n) is 11.0. The number of carbonyl (C=O) groups is 1. The number of likely N-dealkylation sites (N-methyl/N-ethyl adjacent to an activating group) is 1. The summed E-state index contributed by atoms with van der Waals surface area (Å²) in [4.78, 5) is 16.4. The van der Waals surface area contributed by atoms with Crippen LogP contribution >= 0.6 is 0 Å². The van der Waals surface area contributed by atoms with Gasteiger partial charge < -0.3 is 10.2 Å². The molecule has 98 valence electrons. The van der Waals surface area contributed by atoms with Crippen molar-refractivity contribution in [3.8, 4) is 0 Å². The fourth-order valence-corrected chi connectivity index (χ4v) is 2.96. The third-order valence-electron chi connectivity index (χ3n) is 4.04. The van der Waals surface area contributed by atoms with Crippen molar-refractivity contribution in [3.05, 3.63) is 0 Å². The van der Waals surface area contributed by atoms with Crippen LogP contribution < -0.4 is 5.32 Å². The Bertz CT molecular complexity index is 251. The molecule has 2 amide bonds. The second kappa shape index (κ2) is 6.24. The quantitative estimate of drug-likeness (QED) is 0.813. The predicted octanol–water partition coefficient (Wildman–Crippen LogP) is 1.67. The Morgan fingerprint density at radius 3 is 2.65 bits per heavy atom. The lowest BCUT2D eigenvalue weighted by Crippen LogP contribution is -2.47. The van der Waals surface area contributed by atoms with Crippen molar-refractivity contribution in [1.82, 2.24) is 15.1 Å². The SMILES string of the molecule is CCN1CCC[C@@H]1CNC(=O)N1CCCCC1. The van der Waals surface area contributed by atoms with Gasteiger partial charge in [0.1, 0.15) is 0 Å². The largest absolute Gasteiger partial charge is 0.336 e. The summed E-state index contributed by atoms with van der Waals surface area (Å²) in [6.07, 6.45) is 6.11. The number of piperidine rings is 1. The van der Waals surface area contributed by atoms with Crippen molar-refractivity contribution in [2.75, 3.05) is 32.7 Å². The molecule has 0 unspecified atom stereocenters. The smallest absolute Gasteiger partial charge is 0.317 e. The predicted molar refractivity (Wildman–Crippen MR) is 69.1 cm³/mol. The monoisotopic (exact) mass is 239 g/mol. The van der Waals surface area contributed by atoms with E-state index in [1.165, 1.54) is 25.8 Å². The average molecular weight is 239 g/mol. The van der Waals surface area contributed by atoms with Gasteiger partial charge in [-0.2, -0.15) is 0 Å². The van der Waals surface area contributed by atoms with Crippen LogP contribution in [0.5, 0.6) is 0 Å². The molecule has 0 bridgehead atoms. The van der Waals surface area contributed by atoms with Gasteiger partial charge in [0.15, 0.2) is 0 Å². The maximum atomic E-state index is 11.9. The summed E-state index contributed by atoms with van der Waals surface area (Å²) >= 11 is 0. The minimum absolute atomic E-state index is 0.146. The molecular formula is C13H25N3O. The Morgan fingerprint density at radius 1 is 1.18 bits per heavy atom. The van der Waals surface area contributed by atoms with Gasteiger partial charge in [-0.3, -0.25) is 4.90 Å². The second-order valence-corrected chi connectivity index (χ2v) is 5.16. The van der Waals surface area contributed by atoms with Gasteiger partial charge >= 0.3 is 6.03 Å². The van der Waals surface area contributed by atoms with Crippen molar-refractivity contribution in [3.63, 3.8) is 0 Å². The number of hydrogen-bond donors (Lipinski definition) is 1. The number of hydrogen-bond acceptors (Lipinski definition) is 2. The molecule has 0 spiro atoms. The van der Waals surface area contributed by atoms with Gasteiger partial charge in [0.25, 0.3) is 0 Å². The summed E-state index contributed by atoms with van der Waals surface area (Å²) in [5.41, 5.74) is 0. The molecule has 1 N–H and O–H groups in total. The summed E-state index contributed by atoms with van der Waals surface area (Å²) in [7, 11) is 0. The third kappa shape index (κ3) is 3.35. The number of rotatable bonds is 3. The molecule has 4 nitrogen and oxygen atoms in total. The number of nitrogens with one attached hydrogen (secondary N) is 1. The van der Waals surface area contributed by atoms with Crippen LogP contribution in [0.4, 0.5) is 4.79 Å². The number of nitrogens with zero attached hydrogens (tertiary/aromatic N) is 2. The maximum Gasteiger partial charge on any atom is 0.317 e. The maximum absolute atomic E-state index is 11.9. The first-order chi connectivity index (χ1) is 8.31. The Balaban J connectivity index is 1.71. The van der Waals surface area contributed by atoms with Crippen molar-refractivity contribution in [2.45, 2.75) is 45.1 Å². The molecule has 2 rings (SSSR count). The van der Waals surface area contributed by atoms with Crippen molar-refractivity contribution < 1.29 is 4.79 Å².